The molecule has 0 aliphatic carbocycles. The van der Waals surface area contributed by atoms with Crippen LogP contribution in [0.2, 0.25) is 5.02 Å². The number of carbonyl (C=O) groups excluding carboxylic acids is 2. The summed E-state index contributed by atoms with van der Waals surface area (Å²) in [7, 11) is 0. The fourth-order valence-electron chi connectivity index (χ4n) is 4.19. The lowest BCUT2D eigenvalue weighted by Gasteiger charge is -2.30. The van der Waals surface area contributed by atoms with Crippen LogP contribution >= 0.6 is 11.6 Å². The number of β-amino-alcohol motifs (C(OH)–C–C–N with tert-alkyl or cyclic N) is 1. The van der Waals surface area contributed by atoms with E-state index in [4.69, 9.17) is 25.8 Å². The molecule has 9 nitrogen and oxygen atoms in total. The van der Waals surface area contributed by atoms with Crippen LogP contribution < -0.4 is 14.8 Å². The molecule has 194 valence electrons. The average molecular weight is 518 g/mol. The number of hydrogen-bond acceptors (Lipinski definition) is 7. The van der Waals surface area contributed by atoms with Crippen molar-refractivity contribution in [3.05, 3.63) is 59.1 Å². The third-order valence-corrected chi connectivity index (χ3v) is 6.37. The summed E-state index contributed by atoms with van der Waals surface area (Å²) in [4.78, 5) is 27.5. The van der Waals surface area contributed by atoms with Crippen molar-refractivity contribution >= 4 is 23.5 Å². The lowest BCUT2D eigenvalue weighted by molar-refractivity contribution is -0.130. The molecule has 2 aliphatic heterocycles. The van der Waals surface area contributed by atoms with Gasteiger partial charge in [0, 0.05) is 24.7 Å². The number of carbonyl (C=O) groups is 2. The van der Waals surface area contributed by atoms with Crippen molar-refractivity contribution in [3.8, 4) is 11.5 Å². The second-order valence-corrected chi connectivity index (χ2v) is 10.2. The fourth-order valence-corrected chi connectivity index (χ4v) is 4.32. The Bertz CT molecular complexity index is 1060. The number of urea groups is 1. The topological polar surface area (TPSA) is 101 Å². The second-order valence-electron chi connectivity index (χ2n) is 9.73. The normalized spacial score (nSPS) is 22.3. The van der Waals surface area contributed by atoms with Gasteiger partial charge in [0.15, 0.2) is 0 Å². The number of halogens is 1. The highest BCUT2D eigenvalue weighted by Crippen LogP contribution is 2.21. The molecular formula is C26H32ClN3O6. The number of nitrogens with zero attached hydrogens (tertiary/aromatic N) is 2. The highest BCUT2D eigenvalue weighted by Gasteiger charge is 2.43. The van der Waals surface area contributed by atoms with Gasteiger partial charge in [-0.2, -0.15) is 0 Å². The Labute approximate surface area is 215 Å². The molecule has 2 N–H and O–H groups in total. The highest BCUT2D eigenvalue weighted by atomic mass is 35.5. The van der Waals surface area contributed by atoms with Crippen LogP contribution in [0.4, 0.5) is 4.79 Å². The van der Waals surface area contributed by atoms with Crippen LogP contribution in [0.15, 0.2) is 48.5 Å². The van der Waals surface area contributed by atoms with E-state index in [-0.39, 0.29) is 32.3 Å². The lowest BCUT2D eigenvalue weighted by Crippen LogP contribution is -2.48. The molecule has 0 unspecified atom stereocenters. The van der Waals surface area contributed by atoms with Gasteiger partial charge >= 0.3 is 6.03 Å². The molecule has 2 heterocycles. The van der Waals surface area contributed by atoms with Gasteiger partial charge in [-0.3, -0.25) is 14.6 Å². The van der Waals surface area contributed by atoms with E-state index in [2.05, 4.69) is 10.2 Å². The first kappa shape index (κ1) is 26.2. The largest absolute Gasteiger partial charge is 0.492 e. The first-order valence-corrected chi connectivity index (χ1v) is 12.3. The molecule has 2 fully saturated rings. The van der Waals surface area contributed by atoms with Gasteiger partial charge in [-0.25, -0.2) is 4.79 Å². The number of benzene rings is 2. The molecule has 1 atom stereocenters. The Morgan fingerprint density at radius 1 is 1.06 bits per heavy atom. The van der Waals surface area contributed by atoms with Gasteiger partial charge in [-0.1, -0.05) is 23.7 Å². The van der Waals surface area contributed by atoms with Crippen LogP contribution in [0, 0.1) is 0 Å². The summed E-state index contributed by atoms with van der Waals surface area (Å²) in [6.45, 7) is 6.27. The van der Waals surface area contributed by atoms with Gasteiger partial charge in [-0.15, -0.1) is 0 Å². The molecule has 4 rings (SSSR count). The molecule has 10 heteroatoms. The maximum Gasteiger partial charge on any atom is 0.325 e. The minimum atomic E-state index is -1.15. The fraction of sp³-hybridized carbons (Fsp3) is 0.462. The summed E-state index contributed by atoms with van der Waals surface area (Å²) in [5.41, 5.74) is -0.973. The standard InChI is InChI=1S/C26H32ClN3O6/c1-25(2)23(31)30(24(32)28-25)12-14-35-21-7-3-19(4-8-21)15-29-11-13-34-17-26(33,16-29)18-36-22-9-5-20(27)6-10-22/h3-10,33H,11-18H2,1-2H3,(H,28,32)/t26-/m0/s1. The minimum absolute atomic E-state index is 0.104. The van der Waals surface area contributed by atoms with E-state index in [1.165, 1.54) is 4.90 Å². The third kappa shape index (κ3) is 6.67. The molecule has 3 amide bonds. The Kier molecular flexibility index (Phi) is 8.04. The Morgan fingerprint density at radius 3 is 2.39 bits per heavy atom. The molecule has 0 bridgehead atoms. The van der Waals surface area contributed by atoms with Crippen LogP contribution in [-0.4, -0.2) is 84.0 Å². The van der Waals surface area contributed by atoms with Crippen molar-refractivity contribution in [2.45, 2.75) is 31.5 Å². The summed E-state index contributed by atoms with van der Waals surface area (Å²) < 4.78 is 17.2. The zero-order chi connectivity index (χ0) is 25.8. The number of aliphatic hydroxyl groups is 1. The Balaban J connectivity index is 1.26. The van der Waals surface area contributed by atoms with E-state index in [1.54, 1.807) is 38.1 Å². The van der Waals surface area contributed by atoms with Crippen molar-refractivity contribution in [2.75, 3.05) is 46.1 Å². The summed E-state index contributed by atoms with van der Waals surface area (Å²) in [6.07, 6.45) is 0. The number of rotatable bonds is 9. The molecule has 2 aliphatic rings. The van der Waals surface area contributed by atoms with E-state index in [9.17, 15) is 14.7 Å². The van der Waals surface area contributed by atoms with Gasteiger partial charge < -0.3 is 24.6 Å². The molecule has 0 aromatic heterocycles. The molecular weight excluding hydrogens is 486 g/mol. The maximum absolute atomic E-state index is 12.3. The van der Waals surface area contributed by atoms with E-state index in [0.29, 0.717) is 42.8 Å². The number of hydrogen-bond donors (Lipinski definition) is 2. The van der Waals surface area contributed by atoms with Crippen molar-refractivity contribution < 1.29 is 28.9 Å². The van der Waals surface area contributed by atoms with Crippen molar-refractivity contribution in [2.24, 2.45) is 0 Å². The molecule has 2 saturated heterocycles. The lowest BCUT2D eigenvalue weighted by atomic mass is 10.1. The highest BCUT2D eigenvalue weighted by molar-refractivity contribution is 6.30. The zero-order valence-electron chi connectivity index (χ0n) is 20.5. The maximum atomic E-state index is 12.3. The van der Waals surface area contributed by atoms with Gasteiger partial charge in [0.25, 0.3) is 5.91 Å². The van der Waals surface area contributed by atoms with E-state index >= 15 is 0 Å². The van der Waals surface area contributed by atoms with Crippen molar-refractivity contribution in [1.82, 2.24) is 15.1 Å². The van der Waals surface area contributed by atoms with Crippen LogP contribution in [0.1, 0.15) is 19.4 Å². The van der Waals surface area contributed by atoms with E-state index in [1.807, 2.05) is 24.3 Å². The van der Waals surface area contributed by atoms with E-state index in [0.717, 1.165) is 5.56 Å². The van der Waals surface area contributed by atoms with Gasteiger partial charge in [-0.05, 0) is 55.8 Å². The van der Waals surface area contributed by atoms with Crippen molar-refractivity contribution in [3.63, 3.8) is 0 Å². The smallest absolute Gasteiger partial charge is 0.325 e. The van der Waals surface area contributed by atoms with Gasteiger partial charge in [0.1, 0.15) is 35.9 Å². The number of ether oxygens (including phenoxy) is 3. The van der Waals surface area contributed by atoms with Crippen LogP contribution in [0.5, 0.6) is 11.5 Å². The summed E-state index contributed by atoms with van der Waals surface area (Å²) in [5.74, 6) is 1.03. The zero-order valence-corrected chi connectivity index (χ0v) is 21.3. The monoisotopic (exact) mass is 517 g/mol. The average Bonchev–Trinajstić information content (AvgIpc) is 2.95. The van der Waals surface area contributed by atoms with Crippen LogP contribution in [0.25, 0.3) is 0 Å². The molecule has 0 saturated carbocycles. The summed E-state index contributed by atoms with van der Waals surface area (Å²) in [6, 6.07) is 14.3. The van der Waals surface area contributed by atoms with Gasteiger partial charge in [0.05, 0.1) is 19.8 Å². The summed E-state index contributed by atoms with van der Waals surface area (Å²) in [5, 5.41) is 14.4. The number of imide groups is 1. The number of amides is 3. The first-order chi connectivity index (χ1) is 17.1. The molecule has 36 heavy (non-hydrogen) atoms. The first-order valence-electron chi connectivity index (χ1n) is 11.9. The Morgan fingerprint density at radius 2 is 1.72 bits per heavy atom. The second kappa shape index (κ2) is 11.0. The van der Waals surface area contributed by atoms with Crippen molar-refractivity contribution in [1.29, 1.82) is 0 Å². The van der Waals surface area contributed by atoms with Crippen LogP contribution in [0.3, 0.4) is 0 Å². The minimum Gasteiger partial charge on any atom is -0.492 e. The third-order valence-electron chi connectivity index (χ3n) is 6.12. The number of nitrogens with one attached hydrogen (secondary N) is 1. The Hall–Kier alpha value is -2.85. The predicted molar refractivity (Wildman–Crippen MR) is 134 cm³/mol. The summed E-state index contributed by atoms with van der Waals surface area (Å²) >= 11 is 5.92. The van der Waals surface area contributed by atoms with Gasteiger partial charge in [0.2, 0.25) is 0 Å². The predicted octanol–water partition coefficient (Wildman–Crippen LogP) is 2.69. The quantitative estimate of drug-likeness (QED) is 0.493. The molecule has 0 spiro atoms. The molecule has 0 radical (unpaired) electrons. The van der Waals surface area contributed by atoms with E-state index < -0.39 is 17.2 Å². The van der Waals surface area contributed by atoms with Crippen LogP contribution in [-0.2, 0) is 16.1 Å². The SMILES string of the molecule is CC1(C)NC(=O)N(CCOc2ccc(CN3CCOC[C@](O)(COc4ccc(Cl)cc4)C3)cc2)C1=O. The molecule has 2 aromatic carbocycles. The molecule has 2 aromatic rings.